The lowest BCUT2D eigenvalue weighted by Gasteiger charge is -2.37. The van der Waals surface area contributed by atoms with Crippen molar-refractivity contribution in [2.45, 2.75) is 45.1 Å². The Labute approximate surface area is 136 Å². The van der Waals surface area contributed by atoms with Gasteiger partial charge < -0.3 is 15.7 Å². The van der Waals surface area contributed by atoms with Crippen molar-refractivity contribution in [2.75, 3.05) is 0 Å². The van der Waals surface area contributed by atoms with Gasteiger partial charge in [-0.15, -0.1) is 0 Å². The molecule has 1 aromatic carbocycles. The van der Waals surface area contributed by atoms with Crippen molar-refractivity contribution in [3.8, 4) is 0 Å². The van der Waals surface area contributed by atoms with E-state index in [0.29, 0.717) is 11.3 Å². The summed E-state index contributed by atoms with van der Waals surface area (Å²) in [6.07, 6.45) is 1.80. The molecule has 124 valence electrons. The number of primary amides is 1. The number of benzene rings is 1. The fourth-order valence-corrected chi connectivity index (χ4v) is 2.69. The first-order valence-electron chi connectivity index (χ1n) is 8.05. The number of nitrogens with zero attached hydrogens (tertiary/aromatic N) is 1. The van der Waals surface area contributed by atoms with Crippen LogP contribution in [0.2, 0.25) is 1.41 Å². The van der Waals surface area contributed by atoms with Crippen molar-refractivity contribution in [1.82, 2.24) is 0 Å². The molecule has 1 fully saturated rings. The average Bonchev–Trinajstić information content (AvgIpc) is 2.51. The fraction of sp³-hybridized carbons (Fsp3) is 0.471. The SMILES string of the molecule is [2H]NC(=O)c1ccccc1C1CCC1/C(C)=N/OC(C)(C)C(=O)O. The lowest BCUT2D eigenvalue weighted by molar-refractivity contribution is -0.161. The Morgan fingerprint density at radius 3 is 2.65 bits per heavy atom. The van der Waals surface area contributed by atoms with Crippen LogP contribution in [-0.2, 0) is 9.63 Å². The van der Waals surface area contributed by atoms with Crippen LogP contribution in [0.1, 0.15) is 55.5 Å². The van der Waals surface area contributed by atoms with Gasteiger partial charge in [0.05, 0.1) is 5.71 Å². The second-order valence-electron chi connectivity index (χ2n) is 6.35. The maximum atomic E-state index is 11.9. The van der Waals surface area contributed by atoms with E-state index in [4.69, 9.17) is 11.4 Å². The van der Waals surface area contributed by atoms with Gasteiger partial charge in [-0.1, -0.05) is 23.4 Å². The van der Waals surface area contributed by atoms with Gasteiger partial charge in [-0.05, 0) is 51.2 Å². The summed E-state index contributed by atoms with van der Waals surface area (Å²) in [6, 6.07) is 7.21. The Bertz CT molecular complexity index is 672. The van der Waals surface area contributed by atoms with Crippen LogP contribution in [0.15, 0.2) is 29.4 Å². The van der Waals surface area contributed by atoms with Gasteiger partial charge in [-0.3, -0.25) is 4.79 Å². The zero-order valence-electron chi connectivity index (χ0n) is 14.5. The van der Waals surface area contributed by atoms with E-state index in [-0.39, 0.29) is 11.8 Å². The molecule has 6 nitrogen and oxygen atoms in total. The van der Waals surface area contributed by atoms with Crippen molar-refractivity contribution in [3.63, 3.8) is 0 Å². The van der Waals surface area contributed by atoms with Crippen molar-refractivity contribution < 1.29 is 20.9 Å². The van der Waals surface area contributed by atoms with E-state index >= 15 is 0 Å². The minimum atomic E-state index is -1.39. The molecular weight excluding hydrogens is 296 g/mol. The summed E-state index contributed by atoms with van der Waals surface area (Å²) in [4.78, 5) is 28.1. The summed E-state index contributed by atoms with van der Waals surface area (Å²) in [5.74, 6) is -1.32. The fourth-order valence-electron chi connectivity index (χ4n) is 2.69. The van der Waals surface area contributed by atoms with Crippen LogP contribution in [0.5, 0.6) is 0 Å². The summed E-state index contributed by atoms with van der Waals surface area (Å²) in [5, 5.41) is 13.1. The molecule has 1 aliphatic carbocycles. The number of nitrogens with two attached hydrogens (primary N) is 1. The highest BCUT2D eigenvalue weighted by Crippen LogP contribution is 2.44. The standard InChI is InChI=1S/C17H22N2O4/c1-10(19-23-17(2,3)16(21)22)11-8-9-13(11)12-6-4-5-7-14(12)15(18)20/h4-7,11,13H,8-9H2,1-3H3,(H2,18,20)(H,21,22)/b19-10+/i/hD. The van der Waals surface area contributed by atoms with Crippen LogP contribution in [0, 0.1) is 5.92 Å². The quantitative estimate of drug-likeness (QED) is 0.621. The topological polar surface area (TPSA) is 102 Å². The van der Waals surface area contributed by atoms with Crippen LogP contribution in [0.25, 0.3) is 0 Å². The summed E-state index contributed by atoms with van der Waals surface area (Å²) in [7, 11) is 0. The van der Waals surface area contributed by atoms with Gasteiger partial charge in [0.25, 0.3) is 0 Å². The molecule has 0 bridgehead atoms. The van der Waals surface area contributed by atoms with E-state index in [9.17, 15) is 9.59 Å². The molecule has 2 rings (SSSR count). The predicted octanol–water partition coefficient (Wildman–Crippen LogP) is 2.53. The number of carboxylic acid groups (broad SMARTS) is 1. The van der Waals surface area contributed by atoms with Crippen LogP contribution in [-0.4, -0.2) is 28.3 Å². The molecule has 1 aliphatic rings. The lowest BCUT2D eigenvalue weighted by Crippen LogP contribution is -2.35. The molecule has 1 aromatic rings. The van der Waals surface area contributed by atoms with Gasteiger partial charge >= 0.3 is 5.97 Å². The smallest absolute Gasteiger partial charge is 0.350 e. The van der Waals surface area contributed by atoms with Crippen molar-refractivity contribution in [1.29, 1.82) is 0 Å². The third-order valence-corrected chi connectivity index (χ3v) is 4.35. The molecule has 1 saturated carbocycles. The summed E-state index contributed by atoms with van der Waals surface area (Å²) >= 11 is 0. The maximum absolute atomic E-state index is 11.9. The third-order valence-electron chi connectivity index (χ3n) is 4.35. The van der Waals surface area contributed by atoms with E-state index in [1.807, 2.05) is 24.8 Å². The van der Waals surface area contributed by atoms with Gasteiger partial charge in [0.15, 0.2) is 1.41 Å². The first-order chi connectivity index (χ1) is 11.3. The number of hydrogen-bond acceptors (Lipinski definition) is 4. The van der Waals surface area contributed by atoms with Crippen LogP contribution in [0.4, 0.5) is 0 Å². The Hall–Kier alpha value is -2.37. The number of rotatable bonds is 6. The molecule has 0 saturated heterocycles. The Morgan fingerprint density at radius 2 is 2.09 bits per heavy atom. The molecule has 1 amide bonds. The Balaban J connectivity index is 2.18. The normalized spacial score (nSPS) is 21.9. The third kappa shape index (κ3) is 3.52. The molecule has 0 aromatic heterocycles. The molecule has 0 radical (unpaired) electrons. The van der Waals surface area contributed by atoms with E-state index < -0.39 is 17.5 Å². The van der Waals surface area contributed by atoms with E-state index in [2.05, 4.69) is 5.16 Å². The molecule has 2 unspecified atom stereocenters. The summed E-state index contributed by atoms with van der Waals surface area (Å²) in [6.45, 7) is 4.69. The molecule has 6 heteroatoms. The highest BCUT2D eigenvalue weighted by molar-refractivity contribution is 5.95. The van der Waals surface area contributed by atoms with Gasteiger partial charge in [0.1, 0.15) is 0 Å². The highest BCUT2D eigenvalue weighted by Gasteiger charge is 2.37. The van der Waals surface area contributed by atoms with Crippen molar-refractivity contribution in [3.05, 3.63) is 35.4 Å². The molecule has 3 N–H and O–H groups in total. The minimum absolute atomic E-state index is 0.0919. The first kappa shape index (κ1) is 15.5. The van der Waals surface area contributed by atoms with Crippen LogP contribution >= 0.6 is 0 Å². The largest absolute Gasteiger partial charge is 0.478 e. The highest BCUT2D eigenvalue weighted by atomic mass is 16.7. The zero-order valence-corrected chi connectivity index (χ0v) is 13.5. The Kier molecular flexibility index (Phi) is 4.32. The number of aliphatic carboxylic acids is 1. The second-order valence-corrected chi connectivity index (χ2v) is 6.35. The van der Waals surface area contributed by atoms with E-state index in [1.54, 1.807) is 12.1 Å². The molecule has 2 atom stereocenters. The molecule has 23 heavy (non-hydrogen) atoms. The molecule has 0 spiro atoms. The van der Waals surface area contributed by atoms with Crippen LogP contribution < -0.4 is 5.73 Å². The first-order valence-corrected chi connectivity index (χ1v) is 7.55. The average molecular weight is 319 g/mol. The number of carbonyl (C=O) groups is 2. The van der Waals surface area contributed by atoms with Gasteiger partial charge in [0.2, 0.25) is 11.5 Å². The molecule has 0 aliphatic heterocycles. The monoisotopic (exact) mass is 319 g/mol. The minimum Gasteiger partial charge on any atom is -0.478 e. The predicted molar refractivity (Wildman–Crippen MR) is 86.3 cm³/mol. The van der Waals surface area contributed by atoms with E-state index in [0.717, 1.165) is 18.4 Å². The van der Waals surface area contributed by atoms with Gasteiger partial charge in [-0.25, -0.2) is 4.79 Å². The van der Waals surface area contributed by atoms with Crippen molar-refractivity contribution in [2.24, 2.45) is 16.8 Å². The molecule has 0 heterocycles. The summed E-state index contributed by atoms with van der Waals surface area (Å²) < 4.78 is 7.07. The second kappa shape index (κ2) is 6.40. The lowest BCUT2D eigenvalue weighted by atomic mass is 9.67. The number of hydrogen-bond donors (Lipinski definition) is 2. The number of oxime groups is 1. The van der Waals surface area contributed by atoms with Crippen molar-refractivity contribution >= 4 is 17.6 Å². The number of amides is 1. The van der Waals surface area contributed by atoms with Crippen LogP contribution in [0.3, 0.4) is 0 Å². The zero-order chi connectivity index (χ0) is 17.9. The maximum Gasteiger partial charge on any atom is 0.350 e. The van der Waals surface area contributed by atoms with Gasteiger partial charge in [-0.2, -0.15) is 0 Å². The van der Waals surface area contributed by atoms with E-state index in [1.165, 1.54) is 13.8 Å². The Morgan fingerprint density at radius 1 is 1.39 bits per heavy atom. The summed E-state index contributed by atoms with van der Waals surface area (Å²) in [5.41, 5.74) is 2.61. The van der Waals surface area contributed by atoms with Gasteiger partial charge in [0, 0.05) is 11.5 Å². The number of carbonyl (C=O) groups excluding carboxylic acids is 1. The number of carboxylic acids is 1. The molecular formula is C17H22N2O4.